The normalized spacial score (nSPS) is 18.8. The summed E-state index contributed by atoms with van der Waals surface area (Å²) in [4.78, 5) is 14.0. The van der Waals surface area contributed by atoms with Crippen molar-refractivity contribution in [2.45, 2.75) is 31.5 Å². The lowest BCUT2D eigenvalue weighted by Gasteiger charge is -2.32. The van der Waals surface area contributed by atoms with Gasteiger partial charge >= 0.3 is 6.18 Å². The summed E-state index contributed by atoms with van der Waals surface area (Å²) in [7, 11) is 1.85. The van der Waals surface area contributed by atoms with Crippen molar-refractivity contribution in [3.8, 4) is 0 Å². The van der Waals surface area contributed by atoms with Gasteiger partial charge in [0.2, 0.25) is 5.91 Å². The Hall–Kier alpha value is -2.39. The third-order valence-corrected chi connectivity index (χ3v) is 4.11. The van der Waals surface area contributed by atoms with Crippen molar-refractivity contribution < 1.29 is 18.0 Å². The lowest BCUT2D eigenvalue weighted by molar-refractivity contribution is -0.142. The van der Waals surface area contributed by atoms with Crippen molar-refractivity contribution in [3.05, 3.63) is 30.1 Å². The van der Waals surface area contributed by atoms with Crippen LogP contribution in [0.15, 0.2) is 18.6 Å². The lowest BCUT2D eigenvalue weighted by atomic mass is 9.97. The van der Waals surface area contributed by atoms with Gasteiger partial charge in [-0.2, -0.15) is 18.3 Å². The van der Waals surface area contributed by atoms with Crippen LogP contribution in [0.4, 0.5) is 13.2 Å². The van der Waals surface area contributed by atoms with E-state index >= 15 is 0 Å². The molecule has 0 saturated carbocycles. The molecule has 1 amide bonds. The Morgan fingerprint density at radius 2 is 2.21 bits per heavy atom. The van der Waals surface area contributed by atoms with E-state index in [2.05, 4.69) is 15.3 Å². The van der Waals surface area contributed by atoms with Gasteiger partial charge < -0.3 is 9.47 Å². The largest absolute Gasteiger partial charge is 0.435 e. The summed E-state index contributed by atoms with van der Waals surface area (Å²) in [6.07, 6.45) is -0.00840. The summed E-state index contributed by atoms with van der Waals surface area (Å²) >= 11 is 0. The highest BCUT2D eigenvalue weighted by molar-refractivity contribution is 5.76. The second kappa shape index (κ2) is 6.25. The highest BCUT2D eigenvalue weighted by Crippen LogP contribution is 2.27. The summed E-state index contributed by atoms with van der Waals surface area (Å²) in [6.45, 7) is 0.862. The van der Waals surface area contributed by atoms with Crippen molar-refractivity contribution >= 4 is 5.91 Å². The maximum Gasteiger partial charge on any atom is 0.435 e. The van der Waals surface area contributed by atoms with Crippen LogP contribution in [0.3, 0.4) is 0 Å². The number of hydrogen-bond acceptors (Lipinski definition) is 4. The number of carbonyl (C=O) groups excluding carboxylic acids is 1. The van der Waals surface area contributed by atoms with Crippen LogP contribution >= 0.6 is 0 Å². The van der Waals surface area contributed by atoms with Crippen molar-refractivity contribution in [1.82, 2.24) is 29.4 Å². The van der Waals surface area contributed by atoms with Crippen molar-refractivity contribution in [3.63, 3.8) is 0 Å². The Morgan fingerprint density at radius 3 is 2.83 bits per heavy atom. The van der Waals surface area contributed by atoms with Crippen LogP contribution in [-0.2, 0) is 24.6 Å². The Labute approximate surface area is 136 Å². The number of rotatable bonds is 3. The third-order valence-electron chi connectivity index (χ3n) is 4.11. The van der Waals surface area contributed by atoms with Crippen LogP contribution in [0.25, 0.3) is 0 Å². The van der Waals surface area contributed by atoms with E-state index in [1.807, 2.05) is 11.6 Å². The van der Waals surface area contributed by atoms with Crippen LogP contribution in [0.1, 0.15) is 30.3 Å². The number of alkyl halides is 3. The number of piperidine rings is 1. The first kappa shape index (κ1) is 16.5. The van der Waals surface area contributed by atoms with E-state index in [0.717, 1.165) is 29.4 Å². The molecule has 0 aromatic carbocycles. The SMILES string of the molecule is Cn1cnnc1C1CCCN(C(=O)Cn2ccc(C(F)(F)F)n2)C1. The lowest BCUT2D eigenvalue weighted by Crippen LogP contribution is -2.41. The Kier molecular flexibility index (Phi) is 4.29. The molecule has 0 radical (unpaired) electrons. The van der Waals surface area contributed by atoms with Gasteiger partial charge in [0.15, 0.2) is 5.69 Å². The van der Waals surface area contributed by atoms with Gasteiger partial charge in [-0.15, -0.1) is 10.2 Å². The number of carbonyl (C=O) groups is 1. The zero-order chi connectivity index (χ0) is 17.3. The molecule has 1 unspecified atom stereocenters. The zero-order valence-corrected chi connectivity index (χ0v) is 13.1. The number of likely N-dealkylation sites (tertiary alicyclic amines) is 1. The first-order valence-electron chi connectivity index (χ1n) is 7.57. The van der Waals surface area contributed by atoms with Crippen LogP contribution in [-0.4, -0.2) is 48.4 Å². The van der Waals surface area contributed by atoms with E-state index in [9.17, 15) is 18.0 Å². The average molecular weight is 342 g/mol. The topological polar surface area (TPSA) is 68.8 Å². The molecule has 1 saturated heterocycles. The third kappa shape index (κ3) is 3.41. The molecule has 1 fully saturated rings. The molecule has 0 N–H and O–H groups in total. The van der Waals surface area contributed by atoms with Gasteiger partial charge in [0.25, 0.3) is 0 Å². The maximum atomic E-state index is 12.6. The molecular formula is C14H17F3N6O. The summed E-state index contributed by atoms with van der Waals surface area (Å²) in [5.41, 5.74) is -0.995. The van der Waals surface area contributed by atoms with Crippen LogP contribution in [0, 0.1) is 0 Å². The molecule has 10 heteroatoms. The molecule has 7 nitrogen and oxygen atoms in total. The standard InChI is InChI=1S/C14H17F3N6O/c1-21-9-18-19-13(21)10-3-2-5-22(7-10)12(24)8-23-6-4-11(20-23)14(15,16)17/h4,6,9-10H,2-3,5,7-8H2,1H3. The summed E-state index contributed by atoms with van der Waals surface area (Å²) in [5, 5.41) is 11.3. The van der Waals surface area contributed by atoms with Crippen LogP contribution < -0.4 is 0 Å². The first-order chi connectivity index (χ1) is 11.3. The quantitative estimate of drug-likeness (QED) is 0.846. The fourth-order valence-electron chi connectivity index (χ4n) is 2.92. The van der Waals surface area contributed by atoms with Gasteiger partial charge in [-0.25, -0.2) is 0 Å². The molecule has 2 aromatic rings. The molecule has 0 spiro atoms. The first-order valence-corrected chi connectivity index (χ1v) is 7.57. The van der Waals surface area contributed by atoms with Crippen LogP contribution in [0.2, 0.25) is 0 Å². The van der Waals surface area contributed by atoms with Gasteiger partial charge in [0.1, 0.15) is 18.7 Å². The monoisotopic (exact) mass is 342 g/mol. The fourth-order valence-corrected chi connectivity index (χ4v) is 2.92. The molecule has 0 bridgehead atoms. The van der Waals surface area contributed by atoms with Gasteiger partial charge in [-0.1, -0.05) is 0 Å². The second-order valence-electron chi connectivity index (χ2n) is 5.88. The summed E-state index contributed by atoms with van der Waals surface area (Å²) in [6, 6.07) is 0.867. The predicted octanol–water partition coefficient (Wildman–Crippen LogP) is 1.44. The van der Waals surface area contributed by atoms with Crippen molar-refractivity contribution in [2.75, 3.05) is 13.1 Å². The fraction of sp³-hybridized carbons (Fsp3) is 0.571. The highest BCUT2D eigenvalue weighted by atomic mass is 19.4. The summed E-state index contributed by atoms with van der Waals surface area (Å²) in [5.74, 6) is 0.642. The number of aryl methyl sites for hydroxylation is 1. The molecule has 2 aromatic heterocycles. The highest BCUT2D eigenvalue weighted by Gasteiger charge is 2.34. The molecule has 0 aliphatic carbocycles. The molecule has 3 heterocycles. The molecule has 1 aliphatic rings. The van der Waals surface area contributed by atoms with Gasteiger partial charge in [0.05, 0.1) is 0 Å². The smallest absolute Gasteiger partial charge is 0.340 e. The molecule has 130 valence electrons. The van der Waals surface area contributed by atoms with Gasteiger partial charge in [-0.05, 0) is 18.9 Å². The maximum absolute atomic E-state index is 12.6. The molecule has 3 rings (SSSR count). The summed E-state index contributed by atoms with van der Waals surface area (Å²) < 4.78 is 40.5. The number of aromatic nitrogens is 5. The molecule has 1 aliphatic heterocycles. The van der Waals surface area contributed by atoms with E-state index in [0.29, 0.717) is 13.1 Å². The minimum Gasteiger partial charge on any atom is -0.340 e. The number of amides is 1. The van der Waals surface area contributed by atoms with E-state index < -0.39 is 11.9 Å². The average Bonchev–Trinajstić information content (AvgIpc) is 3.16. The number of halogens is 3. The Morgan fingerprint density at radius 1 is 1.42 bits per heavy atom. The van der Waals surface area contributed by atoms with Gasteiger partial charge in [0, 0.05) is 32.3 Å². The van der Waals surface area contributed by atoms with Gasteiger partial charge in [-0.3, -0.25) is 9.48 Å². The van der Waals surface area contributed by atoms with Crippen molar-refractivity contribution in [1.29, 1.82) is 0 Å². The Balaban J connectivity index is 1.64. The minimum atomic E-state index is -4.50. The second-order valence-corrected chi connectivity index (χ2v) is 5.88. The van der Waals surface area contributed by atoms with E-state index in [1.54, 1.807) is 11.2 Å². The van der Waals surface area contributed by atoms with E-state index in [1.165, 1.54) is 6.20 Å². The van der Waals surface area contributed by atoms with E-state index in [-0.39, 0.29) is 18.4 Å². The van der Waals surface area contributed by atoms with Crippen molar-refractivity contribution in [2.24, 2.45) is 7.05 Å². The molecule has 1 atom stereocenters. The molecular weight excluding hydrogens is 325 g/mol. The number of hydrogen-bond donors (Lipinski definition) is 0. The number of nitrogens with zero attached hydrogens (tertiary/aromatic N) is 6. The van der Waals surface area contributed by atoms with Crippen LogP contribution in [0.5, 0.6) is 0 Å². The predicted molar refractivity (Wildman–Crippen MR) is 76.8 cm³/mol. The zero-order valence-electron chi connectivity index (χ0n) is 13.1. The minimum absolute atomic E-state index is 0.0820. The van der Waals surface area contributed by atoms with E-state index in [4.69, 9.17) is 0 Å². The Bertz CT molecular complexity index is 722. The molecule has 24 heavy (non-hydrogen) atoms.